The predicted molar refractivity (Wildman–Crippen MR) is 85.2 cm³/mol. The molecule has 3 rings (SSSR count). The average molecular weight is 308 g/mol. The maximum absolute atomic E-state index is 12.0. The van der Waals surface area contributed by atoms with Crippen molar-refractivity contribution in [3.05, 3.63) is 78.0 Å². The van der Waals surface area contributed by atoms with Gasteiger partial charge in [0.15, 0.2) is 11.9 Å². The number of aliphatic hydroxyl groups excluding tert-OH is 1. The Hall–Kier alpha value is -2.92. The maximum Gasteiger partial charge on any atom is 0.253 e. The second kappa shape index (κ2) is 6.89. The van der Waals surface area contributed by atoms with Crippen LogP contribution in [-0.4, -0.2) is 16.2 Å². The summed E-state index contributed by atoms with van der Waals surface area (Å²) in [5.74, 6) is 0.166. The molecule has 2 aromatic carbocycles. The largest absolute Gasteiger partial charge is 0.378 e. The van der Waals surface area contributed by atoms with E-state index >= 15 is 0 Å². The van der Waals surface area contributed by atoms with E-state index in [1.165, 1.54) is 0 Å². The monoisotopic (exact) mass is 308 g/mol. The first-order chi connectivity index (χ1) is 11.2. The summed E-state index contributed by atoms with van der Waals surface area (Å²) in [4.78, 5) is 12.0. The molecule has 0 saturated carbocycles. The first-order valence-electron chi connectivity index (χ1n) is 7.26. The Balaban J connectivity index is 1.61. The third-order valence-corrected chi connectivity index (χ3v) is 3.42. The van der Waals surface area contributed by atoms with Gasteiger partial charge in [0.25, 0.3) is 5.91 Å². The molecule has 1 unspecified atom stereocenters. The van der Waals surface area contributed by atoms with Gasteiger partial charge in [-0.15, -0.1) is 0 Å². The second-order valence-electron chi connectivity index (χ2n) is 5.08. The minimum atomic E-state index is -1.20. The van der Waals surface area contributed by atoms with Crippen molar-refractivity contribution in [1.82, 2.24) is 10.5 Å². The van der Waals surface area contributed by atoms with Gasteiger partial charge in [-0.1, -0.05) is 65.8 Å². The van der Waals surface area contributed by atoms with Crippen molar-refractivity contribution < 1.29 is 14.4 Å². The summed E-state index contributed by atoms with van der Waals surface area (Å²) in [7, 11) is 0. The molecule has 3 aromatic rings. The minimum Gasteiger partial charge on any atom is -0.378 e. The summed E-state index contributed by atoms with van der Waals surface area (Å²) in [5, 5.41) is 16.6. The molecule has 2 N–H and O–H groups in total. The lowest BCUT2D eigenvalue weighted by Gasteiger charge is -2.10. The molecule has 0 bridgehead atoms. The van der Waals surface area contributed by atoms with Gasteiger partial charge >= 0.3 is 0 Å². The number of amides is 1. The summed E-state index contributed by atoms with van der Waals surface area (Å²) in [6.07, 6.45) is -1.20. The number of carbonyl (C=O) groups excluding carboxylic acids is 1. The summed E-state index contributed by atoms with van der Waals surface area (Å²) in [5.41, 5.74) is 2.06. The number of hydrogen-bond donors (Lipinski definition) is 2. The molecule has 0 spiro atoms. The molecule has 1 amide bonds. The fourth-order valence-electron chi connectivity index (χ4n) is 2.19. The number of hydrogen-bond acceptors (Lipinski definition) is 4. The molecule has 0 fully saturated rings. The summed E-state index contributed by atoms with van der Waals surface area (Å²) in [6.45, 7) is 0.194. The Kier molecular flexibility index (Phi) is 4.49. The molecule has 0 aliphatic carbocycles. The molecule has 1 heterocycles. The molecule has 0 saturated heterocycles. The number of aliphatic hydroxyl groups is 1. The van der Waals surface area contributed by atoms with Crippen LogP contribution in [0.4, 0.5) is 0 Å². The van der Waals surface area contributed by atoms with Crippen LogP contribution in [0.15, 0.2) is 71.3 Å². The lowest BCUT2D eigenvalue weighted by molar-refractivity contribution is -0.129. The Morgan fingerprint density at radius 3 is 2.43 bits per heavy atom. The van der Waals surface area contributed by atoms with Gasteiger partial charge in [-0.3, -0.25) is 4.79 Å². The van der Waals surface area contributed by atoms with Gasteiger partial charge in [0.05, 0.1) is 6.54 Å². The highest BCUT2D eigenvalue weighted by molar-refractivity contribution is 5.81. The number of rotatable bonds is 5. The number of aromatic nitrogens is 1. The zero-order valence-corrected chi connectivity index (χ0v) is 12.3. The van der Waals surface area contributed by atoms with Crippen LogP contribution in [0.3, 0.4) is 0 Å². The standard InChI is InChI=1S/C18H16N2O3/c21-17(14-9-5-2-6-10-14)18(22)19-12-15-11-16(23-20-15)13-7-3-1-4-8-13/h1-11,17,21H,12H2,(H,19,22). The number of nitrogens with one attached hydrogen (secondary N) is 1. The molecule has 116 valence electrons. The lowest BCUT2D eigenvalue weighted by atomic mass is 10.1. The smallest absolute Gasteiger partial charge is 0.253 e. The van der Waals surface area contributed by atoms with Crippen LogP contribution < -0.4 is 5.32 Å². The molecule has 1 aromatic heterocycles. The molecular weight excluding hydrogens is 292 g/mol. The zero-order valence-electron chi connectivity index (χ0n) is 12.3. The Morgan fingerprint density at radius 1 is 1.09 bits per heavy atom. The SMILES string of the molecule is O=C(NCc1cc(-c2ccccc2)on1)C(O)c1ccccc1. The van der Waals surface area contributed by atoms with Crippen LogP contribution >= 0.6 is 0 Å². The first kappa shape index (κ1) is 15.0. The van der Waals surface area contributed by atoms with E-state index in [4.69, 9.17) is 4.52 Å². The normalized spacial score (nSPS) is 11.9. The van der Waals surface area contributed by atoms with E-state index in [0.717, 1.165) is 5.56 Å². The van der Waals surface area contributed by atoms with Crippen molar-refractivity contribution in [1.29, 1.82) is 0 Å². The quantitative estimate of drug-likeness (QED) is 0.760. The van der Waals surface area contributed by atoms with Crippen LogP contribution in [0.2, 0.25) is 0 Å². The van der Waals surface area contributed by atoms with Gasteiger partial charge in [0.2, 0.25) is 0 Å². The Bertz CT molecular complexity index is 769. The number of nitrogens with zero attached hydrogens (tertiary/aromatic N) is 1. The Labute approximate surface area is 133 Å². The number of carbonyl (C=O) groups is 1. The molecule has 0 radical (unpaired) electrons. The highest BCUT2D eigenvalue weighted by Crippen LogP contribution is 2.19. The molecular formula is C18H16N2O3. The van der Waals surface area contributed by atoms with Gasteiger partial charge in [-0.2, -0.15) is 0 Å². The van der Waals surface area contributed by atoms with Gasteiger partial charge in [-0.05, 0) is 5.56 Å². The fraction of sp³-hybridized carbons (Fsp3) is 0.111. The topological polar surface area (TPSA) is 75.4 Å². The van der Waals surface area contributed by atoms with Crippen molar-refractivity contribution in [2.24, 2.45) is 0 Å². The van der Waals surface area contributed by atoms with Gasteiger partial charge in [0.1, 0.15) is 5.69 Å². The van der Waals surface area contributed by atoms with Gasteiger partial charge in [-0.25, -0.2) is 0 Å². The molecule has 23 heavy (non-hydrogen) atoms. The zero-order chi connectivity index (χ0) is 16.1. The third-order valence-electron chi connectivity index (χ3n) is 3.42. The lowest BCUT2D eigenvalue weighted by Crippen LogP contribution is -2.28. The van der Waals surface area contributed by atoms with E-state index < -0.39 is 12.0 Å². The van der Waals surface area contributed by atoms with Gasteiger partial charge in [0, 0.05) is 11.6 Å². The Morgan fingerprint density at radius 2 is 1.74 bits per heavy atom. The maximum atomic E-state index is 12.0. The van der Waals surface area contributed by atoms with Crippen molar-refractivity contribution in [2.75, 3.05) is 0 Å². The van der Waals surface area contributed by atoms with Crippen molar-refractivity contribution in [3.8, 4) is 11.3 Å². The van der Waals surface area contributed by atoms with E-state index in [9.17, 15) is 9.90 Å². The van der Waals surface area contributed by atoms with Crippen LogP contribution in [0.5, 0.6) is 0 Å². The van der Waals surface area contributed by atoms with Crippen molar-refractivity contribution >= 4 is 5.91 Å². The molecule has 0 aliphatic heterocycles. The summed E-state index contributed by atoms with van der Waals surface area (Å²) in [6, 6.07) is 20.1. The summed E-state index contributed by atoms with van der Waals surface area (Å²) >= 11 is 0. The van der Waals surface area contributed by atoms with E-state index in [2.05, 4.69) is 10.5 Å². The average Bonchev–Trinajstić information content (AvgIpc) is 3.09. The number of benzene rings is 2. The van der Waals surface area contributed by atoms with Crippen LogP contribution in [0.25, 0.3) is 11.3 Å². The van der Waals surface area contributed by atoms with Crippen molar-refractivity contribution in [3.63, 3.8) is 0 Å². The molecule has 5 nitrogen and oxygen atoms in total. The highest BCUT2D eigenvalue weighted by atomic mass is 16.5. The molecule has 5 heteroatoms. The van der Waals surface area contributed by atoms with Crippen LogP contribution in [0.1, 0.15) is 17.4 Å². The van der Waals surface area contributed by atoms with Crippen molar-refractivity contribution in [2.45, 2.75) is 12.6 Å². The molecule has 1 atom stereocenters. The van der Waals surface area contributed by atoms with E-state index in [1.807, 2.05) is 36.4 Å². The van der Waals surface area contributed by atoms with E-state index in [0.29, 0.717) is 17.0 Å². The third kappa shape index (κ3) is 3.64. The summed E-state index contributed by atoms with van der Waals surface area (Å²) < 4.78 is 5.26. The predicted octanol–water partition coefficient (Wildman–Crippen LogP) is 2.69. The minimum absolute atomic E-state index is 0.194. The van der Waals surface area contributed by atoms with Crippen LogP contribution in [-0.2, 0) is 11.3 Å². The van der Waals surface area contributed by atoms with Crippen LogP contribution in [0, 0.1) is 0 Å². The first-order valence-corrected chi connectivity index (χ1v) is 7.26. The second-order valence-corrected chi connectivity index (χ2v) is 5.08. The van der Waals surface area contributed by atoms with Gasteiger partial charge < -0.3 is 14.9 Å². The van der Waals surface area contributed by atoms with E-state index in [1.54, 1.807) is 30.3 Å². The molecule has 0 aliphatic rings. The van der Waals surface area contributed by atoms with E-state index in [-0.39, 0.29) is 6.54 Å². The fourth-order valence-corrected chi connectivity index (χ4v) is 2.19. The highest BCUT2D eigenvalue weighted by Gasteiger charge is 2.17.